The number of amides is 2. The van der Waals surface area contributed by atoms with E-state index in [9.17, 15) is 14.4 Å². The van der Waals surface area contributed by atoms with Crippen LogP contribution in [0.4, 0.5) is 5.69 Å². The fourth-order valence-corrected chi connectivity index (χ4v) is 3.57. The maximum absolute atomic E-state index is 12.2. The Labute approximate surface area is 154 Å². The molecule has 9 heteroatoms. The topological polar surface area (TPSA) is 93.7 Å². The zero-order valence-corrected chi connectivity index (χ0v) is 15.4. The number of anilines is 1. The van der Waals surface area contributed by atoms with Crippen molar-refractivity contribution in [2.45, 2.75) is 24.6 Å². The van der Waals surface area contributed by atoms with Crippen LogP contribution in [0.1, 0.15) is 13.3 Å². The van der Waals surface area contributed by atoms with Crippen LogP contribution in [-0.2, 0) is 19.1 Å². The van der Waals surface area contributed by atoms with Crippen LogP contribution in [-0.4, -0.2) is 48.5 Å². The van der Waals surface area contributed by atoms with E-state index in [-0.39, 0.29) is 24.8 Å². The Morgan fingerprint density at radius 3 is 2.84 bits per heavy atom. The number of halogens is 1. The number of carbonyl (C=O) groups excluding carboxylic acids is 3. The number of methoxy groups -OCH3 is 1. The van der Waals surface area contributed by atoms with Crippen LogP contribution in [0.3, 0.4) is 0 Å². The molecule has 136 valence electrons. The molecule has 1 aromatic rings. The minimum atomic E-state index is -0.676. The molecular weight excluding hydrogens is 368 g/mol. The average Bonchev–Trinajstić information content (AvgIpc) is 2.57. The Morgan fingerprint density at radius 2 is 2.20 bits per heavy atom. The molecule has 0 spiro atoms. The van der Waals surface area contributed by atoms with E-state index in [1.54, 1.807) is 25.1 Å². The van der Waals surface area contributed by atoms with Gasteiger partial charge in [0.15, 0.2) is 0 Å². The highest BCUT2D eigenvalue weighted by Gasteiger charge is 2.34. The molecule has 1 aromatic carbocycles. The molecule has 0 saturated carbocycles. The quantitative estimate of drug-likeness (QED) is 0.724. The van der Waals surface area contributed by atoms with E-state index in [1.807, 2.05) is 0 Å². The van der Waals surface area contributed by atoms with Gasteiger partial charge in [0, 0.05) is 17.2 Å². The number of ether oxygens (including phenoxy) is 2. The molecule has 25 heavy (non-hydrogen) atoms. The first-order chi connectivity index (χ1) is 11.9. The van der Waals surface area contributed by atoms with Crippen molar-refractivity contribution in [2.75, 3.05) is 24.8 Å². The van der Waals surface area contributed by atoms with Crippen molar-refractivity contribution in [2.24, 2.45) is 0 Å². The molecule has 7 nitrogen and oxygen atoms in total. The lowest BCUT2D eigenvalue weighted by Gasteiger charge is -2.27. The van der Waals surface area contributed by atoms with Crippen LogP contribution in [0.25, 0.3) is 0 Å². The molecule has 0 radical (unpaired) electrons. The van der Waals surface area contributed by atoms with Gasteiger partial charge in [-0.1, -0.05) is 11.6 Å². The maximum atomic E-state index is 12.2. The summed E-state index contributed by atoms with van der Waals surface area (Å²) >= 11 is 7.18. The van der Waals surface area contributed by atoms with Crippen LogP contribution in [0.15, 0.2) is 18.2 Å². The Hall–Kier alpha value is -1.93. The summed E-state index contributed by atoms with van der Waals surface area (Å²) in [5, 5.41) is 5.17. The van der Waals surface area contributed by atoms with Crippen LogP contribution >= 0.6 is 23.4 Å². The van der Waals surface area contributed by atoms with Gasteiger partial charge >= 0.3 is 5.97 Å². The molecule has 1 heterocycles. The van der Waals surface area contributed by atoms with E-state index < -0.39 is 17.3 Å². The summed E-state index contributed by atoms with van der Waals surface area (Å²) in [4.78, 5) is 36.0. The fourth-order valence-electron chi connectivity index (χ4n) is 2.26. The predicted molar refractivity (Wildman–Crippen MR) is 96.1 cm³/mol. The maximum Gasteiger partial charge on any atom is 0.329 e. The Morgan fingerprint density at radius 1 is 1.44 bits per heavy atom. The molecule has 1 saturated heterocycles. The van der Waals surface area contributed by atoms with E-state index in [1.165, 1.54) is 18.9 Å². The molecule has 2 N–H and O–H groups in total. The van der Waals surface area contributed by atoms with E-state index in [0.717, 1.165) is 0 Å². The van der Waals surface area contributed by atoms with Crippen LogP contribution in [0, 0.1) is 0 Å². The highest BCUT2D eigenvalue weighted by atomic mass is 35.5. The SMILES string of the molecule is CCOC(=O)[C@@H]1CS[C@@H](CC(=O)Nc2cc(Cl)ccc2OC)C(=O)N1. The second kappa shape index (κ2) is 8.96. The van der Waals surface area contributed by atoms with Gasteiger partial charge in [0.2, 0.25) is 11.8 Å². The molecule has 0 aromatic heterocycles. The summed E-state index contributed by atoms with van der Waals surface area (Å²) in [6, 6.07) is 4.19. The van der Waals surface area contributed by atoms with Gasteiger partial charge in [-0.15, -0.1) is 11.8 Å². The first kappa shape index (κ1) is 19.4. The van der Waals surface area contributed by atoms with Crippen LogP contribution in [0.5, 0.6) is 5.75 Å². The largest absolute Gasteiger partial charge is 0.495 e. The van der Waals surface area contributed by atoms with Gasteiger partial charge in [0.1, 0.15) is 11.8 Å². The lowest BCUT2D eigenvalue weighted by atomic mass is 10.2. The molecule has 0 unspecified atom stereocenters. The van der Waals surface area contributed by atoms with Crippen LogP contribution < -0.4 is 15.4 Å². The van der Waals surface area contributed by atoms with Crippen molar-refractivity contribution < 1.29 is 23.9 Å². The smallest absolute Gasteiger partial charge is 0.329 e. The van der Waals surface area contributed by atoms with Gasteiger partial charge in [-0.2, -0.15) is 0 Å². The van der Waals surface area contributed by atoms with Crippen LogP contribution in [0.2, 0.25) is 5.02 Å². The molecular formula is C16H19ClN2O5S. The molecule has 0 aliphatic carbocycles. The number of esters is 1. The number of hydrogen-bond acceptors (Lipinski definition) is 6. The van der Waals surface area contributed by atoms with Crippen molar-refractivity contribution in [3.63, 3.8) is 0 Å². The fraction of sp³-hybridized carbons (Fsp3) is 0.438. The van der Waals surface area contributed by atoms with Crippen molar-refractivity contribution in [3.8, 4) is 5.75 Å². The van der Waals surface area contributed by atoms with E-state index in [4.69, 9.17) is 21.1 Å². The number of rotatable bonds is 6. The minimum Gasteiger partial charge on any atom is -0.495 e. The minimum absolute atomic E-state index is 0.0261. The van der Waals surface area contributed by atoms with Crippen molar-refractivity contribution in [1.82, 2.24) is 5.32 Å². The van der Waals surface area contributed by atoms with E-state index in [2.05, 4.69) is 10.6 Å². The van der Waals surface area contributed by atoms with Gasteiger partial charge in [-0.3, -0.25) is 9.59 Å². The average molecular weight is 387 g/mol. The summed E-state index contributed by atoms with van der Waals surface area (Å²) in [5.74, 6) is -0.329. The summed E-state index contributed by atoms with van der Waals surface area (Å²) < 4.78 is 10.1. The molecule has 2 atom stereocenters. The molecule has 0 bridgehead atoms. The van der Waals surface area contributed by atoms with Crippen molar-refractivity contribution in [1.29, 1.82) is 0 Å². The summed E-state index contributed by atoms with van der Waals surface area (Å²) in [5.41, 5.74) is 0.436. The number of carbonyl (C=O) groups is 3. The van der Waals surface area contributed by atoms with E-state index >= 15 is 0 Å². The van der Waals surface area contributed by atoms with Gasteiger partial charge in [0.05, 0.1) is 24.7 Å². The third-order valence-corrected chi connectivity index (χ3v) is 4.99. The van der Waals surface area contributed by atoms with Gasteiger partial charge in [0.25, 0.3) is 0 Å². The Balaban J connectivity index is 1.92. The zero-order valence-electron chi connectivity index (χ0n) is 13.8. The number of nitrogens with one attached hydrogen (secondary N) is 2. The standard InChI is InChI=1S/C16H19ClN2O5S/c1-3-24-16(22)11-8-25-13(15(21)19-11)7-14(20)18-10-6-9(17)4-5-12(10)23-2/h4-6,11,13H,3,7-8H2,1-2H3,(H,18,20)(H,19,21)/t11-,13-/m0/s1. The molecule has 1 aliphatic rings. The normalized spacial score (nSPS) is 19.7. The first-order valence-corrected chi connectivity index (χ1v) is 9.09. The molecule has 1 aliphatic heterocycles. The number of thioether (sulfide) groups is 1. The monoisotopic (exact) mass is 386 g/mol. The van der Waals surface area contributed by atoms with Gasteiger partial charge in [-0.25, -0.2) is 4.79 Å². The van der Waals surface area contributed by atoms with Crippen molar-refractivity contribution in [3.05, 3.63) is 23.2 Å². The predicted octanol–water partition coefficient (Wildman–Crippen LogP) is 1.84. The van der Waals surface area contributed by atoms with Gasteiger partial charge in [-0.05, 0) is 25.1 Å². The Kier molecular flexibility index (Phi) is 6.95. The van der Waals surface area contributed by atoms with Gasteiger partial charge < -0.3 is 20.1 Å². The lowest BCUT2D eigenvalue weighted by molar-refractivity contribution is -0.146. The summed E-state index contributed by atoms with van der Waals surface area (Å²) in [6.45, 7) is 1.95. The number of benzene rings is 1. The molecule has 2 rings (SSSR count). The first-order valence-electron chi connectivity index (χ1n) is 7.66. The Bertz CT molecular complexity index is 670. The second-order valence-corrected chi connectivity index (χ2v) is 6.90. The van der Waals surface area contributed by atoms with Crippen molar-refractivity contribution >= 4 is 46.8 Å². The lowest BCUT2D eigenvalue weighted by Crippen LogP contribution is -2.51. The third kappa shape index (κ3) is 5.27. The summed E-state index contributed by atoms with van der Waals surface area (Å²) in [7, 11) is 1.48. The second-order valence-electron chi connectivity index (χ2n) is 5.23. The highest BCUT2D eigenvalue weighted by Crippen LogP contribution is 2.28. The summed E-state index contributed by atoms with van der Waals surface area (Å²) in [6.07, 6.45) is -0.0261. The number of hydrogen-bond donors (Lipinski definition) is 2. The highest BCUT2D eigenvalue weighted by molar-refractivity contribution is 8.00. The molecule has 1 fully saturated rings. The molecule has 2 amide bonds. The zero-order chi connectivity index (χ0) is 18.4. The van der Waals surface area contributed by atoms with E-state index in [0.29, 0.717) is 22.2 Å². The third-order valence-electron chi connectivity index (χ3n) is 3.45.